The zero-order valence-corrected chi connectivity index (χ0v) is 17.3. The SMILES string of the molecule is CCOc1ccccc1OCCNC(C)Cc1ccc(OC)c(S(C)=O)c1. The fourth-order valence-electron chi connectivity index (χ4n) is 2.81. The van der Waals surface area contributed by atoms with Crippen molar-refractivity contribution < 1.29 is 18.4 Å². The van der Waals surface area contributed by atoms with Crippen LogP contribution < -0.4 is 19.5 Å². The van der Waals surface area contributed by atoms with Gasteiger partial charge in [0.05, 0.1) is 29.4 Å². The van der Waals surface area contributed by atoms with Gasteiger partial charge in [0.1, 0.15) is 12.4 Å². The molecule has 6 heteroatoms. The Hall–Kier alpha value is -2.05. The highest BCUT2D eigenvalue weighted by Crippen LogP contribution is 2.26. The standard InChI is InChI=1S/C21H29NO4S/c1-5-25-18-8-6-7-9-19(18)26-13-12-22-16(2)14-17-10-11-20(24-3)21(15-17)27(4)23/h6-11,15-16,22H,5,12-14H2,1-4H3. The van der Waals surface area contributed by atoms with E-state index in [1.54, 1.807) is 13.4 Å². The van der Waals surface area contributed by atoms with Crippen molar-refractivity contribution in [2.24, 2.45) is 0 Å². The Morgan fingerprint density at radius 2 is 1.78 bits per heavy atom. The number of benzene rings is 2. The number of rotatable bonds is 11. The van der Waals surface area contributed by atoms with Crippen LogP contribution in [-0.2, 0) is 17.2 Å². The van der Waals surface area contributed by atoms with Crippen LogP contribution in [0.1, 0.15) is 19.4 Å². The van der Waals surface area contributed by atoms with Crippen molar-refractivity contribution in [1.29, 1.82) is 0 Å². The molecular formula is C21H29NO4S. The first-order chi connectivity index (χ1) is 13.0. The Kier molecular flexibility index (Phi) is 8.61. The minimum Gasteiger partial charge on any atom is -0.495 e. The van der Waals surface area contributed by atoms with Gasteiger partial charge in [0.2, 0.25) is 0 Å². The minimum absolute atomic E-state index is 0.266. The summed E-state index contributed by atoms with van der Waals surface area (Å²) in [7, 11) is 0.522. The summed E-state index contributed by atoms with van der Waals surface area (Å²) in [5.41, 5.74) is 1.13. The van der Waals surface area contributed by atoms with Crippen molar-refractivity contribution in [3.8, 4) is 17.2 Å². The van der Waals surface area contributed by atoms with E-state index < -0.39 is 10.8 Å². The molecule has 2 rings (SSSR count). The van der Waals surface area contributed by atoms with Crippen LogP contribution in [0.4, 0.5) is 0 Å². The molecule has 0 aliphatic carbocycles. The maximum absolute atomic E-state index is 11.9. The summed E-state index contributed by atoms with van der Waals surface area (Å²) in [6.45, 7) is 5.98. The lowest BCUT2D eigenvalue weighted by Crippen LogP contribution is -2.31. The molecule has 27 heavy (non-hydrogen) atoms. The van der Waals surface area contributed by atoms with E-state index in [1.165, 1.54) is 0 Å². The Morgan fingerprint density at radius 3 is 2.41 bits per heavy atom. The molecule has 0 spiro atoms. The van der Waals surface area contributed by atoms with Crippen LogP contribution in [-0.4, -0.2) is 43.4 Å². The van der Waals surface area contributed by atoms with Crippen molar-refractivity contribution >= 4 is 10.8 Å². The molecule has 5 nitrogen and oxygen atoms in total. The van der Waals surface area contributed by atoms with Crippen LogP contribution in [0.25, 0.3) is 0 Å². The largest absolute Gasteiger partial charge is 0.495 e. The van der Waals surface area contributed by atoms with Gasteiger partial charge < -0.3 is 19.5 Å². The van der Waals surface area contributed by atoms with Gasteiger partial charge in [-0.05, 0) is 50.1 Å². The number of hydrogen-bond donors (Lipinski definition) is 1. The van der Waals surface area contributed by atoms with Gasteiger partial charge in [-0.25, -0.2) is 0 Å². The maximum Gasteiger partial charge on any atom is 0.161 e. The van der Waals surface area contributed by atoms with E-state index in [2.05, 4.69) is 12.2 Å². The molecule has 0 saturated heterocycles. The second kappa shape index (κ2) is 10.9. The van der Waals surface area contributed by atoms with Crippen LogP contribution in [0.3, 0.4) is 0 Å². The van der Waals surface area contributed by atoms with E-state index in [0.29, 0.717) is 19.0 Å². The topological polar surface area (TPSA) is 56.8 Å². The molecule has 0 aliphatic heterocycles. The molecule has 0 heterocycles. The molecule has 2 aromatic carbocycles. The lowest BCUT2D eigenvalue weighted by atomic mass is 10.1. The fourth-order valence-corrected chi connectivity index (χ4v) is 3.56. The van der Waals surface area contributed by atoms with E-state index >= 15 is 0 Å². The first-order valence-corrected chi connectivity index (χ1v) is 10.7. The highest BCUT2D eigenvalue weighted by atomic mass is 32.2. The molecular weight excluding hydrogens is 362 g/mol. The number of para-hydroxylation sites is 2. The Labute approximate surface area is 164 Å². The second-order valence-corrected chi connectivity index (χ2v) is 7.57. The highest BCUT2D eigenvalue weighted by molar-refractivity contribution is 7.84. The molecule has 0 saturated carbocycles. The first kappa shape index (κ1) is 21.3. The van der Waals surface area contributed by atoms with Gasteiger partial charge in [-0.2, -0.15) is 0 Å². The third kappa shape index (κ3) is 6.56. The summed E-state index contributed by atoms with van der Waals surface area (Å²) in [4.78, 5) is 0.734. The fraction of sp³-hybridized carbons (Fsp3) is 0.429. The summed E-state index contributed by atoms with van der Waals surface area (Å²) >= 11 is 0. The monoisotopic (exact) mass is 391 g/mol. The van der Waals surface area contributed by atoms with E-state index in [4.69, 9.17) is 14.2 Å². The maximum atomic E-state index is 11.9. The number of nitrogens with one attached hydrogen (secondary N) is 1. The normalized spacial score (nSPS) is 13.0. The third-order valence-electron chi connectivity index (χ3n) is 4.08. The predicted octanol–water partition coefficient (Wildman–Crippen LogP) is 3.43. The molecule has 148 valence electrons. The van der Waals surface area contributed by atoms with Gasteiger partial charge in [0.15, 0.2) is 11.5 Å². The van der Waals surface area contributed by atoms with Crippen LogP contribution in [0.15, 0.2) is 47.4 Å². The molecule has 0 fully saturated rings. The van der Waals surface area contributed by atoms with Crippen molar-refractivity contribution in [3.05, 3.63) is 48.0 Å². The summed E-state index contributed by atoms with van der Waals surface area (Å²) in [5.74, 6) is 2.20. The molecule has 2 aromatic rings. The van der Waals surface area contributed by atoms with Crippen LogP contribution >= 0.6 is 0 Å². The summed E-state index contributed by atoms with van der Waals surface area (Å²) in [6, 6.07) is 13.8. The van der Waals surface area contributed by atoms with E-state index in [0.717, 1.165) is 34.9 Å². The molecule has 0 aliphatic rings. The Bertz CT molecular complexity index is 751. The lowest BCUT2D eigenvalue weighted by Gasteiger charge is -2.16. The average molecular weight is 392 g/mol. The van der Waals surface area contributed by atoms with Crippen LogP contribution in [0.5, 0.6) is 17.2 Å². The number of methoxy groups -OCH3 is 1. The Morgan fingerprint density at radius 1 is 1.07 bits per heavy atom. The van der Waals surface area contributed by atoms with E-state index in [1.807, 2.05) is 49.4 Å². The van der Waals surface area contributed by atoms with Crippen molar-refractivity contribution in [1.82, 2.24) is 5.32 Å². The smallest absolute Gasteiger partial charge is 0.161 e. The minimum atomic E-state index is -1.07. The van der Waals surface area contributed by atoms with Gasteiger partial charge in [-0.1, -0.05) is 18.2 Å². The molecule has 2 atom stereocenters. The molecule has 0 bridgehead atoms. The molecule has 0 radical (unpaired) electrons. The number of hydrogen-bond acceptors (Lipinski definition) is 5. The summed E-state index contributed by atoms with van der Waals surface area (Å²) in [6.07, 6.45) is 2.50. The number of ether oxygens (including phenoxy) is 3. The zero-order valence-electron chi connectivity index (χ0n) is 16.5. The lowest BCUT2D eigenvalue weighted by molar-refractivity contribution is 0.272. The van der Waals surface area contributed by atoms with Gasteiger partial charge in [-0.3, -0.25) is 4.21 Å². The van der Waals surface area contributed by atoms with Crippen molar-refractivity contribution in [2.75, 3.05) is 33.1 Å². The predicted molar refractivity (Wildman–Crippen MR) is 110 cm³/mol. The molecule has 2 unspecified atom stereocenters. The van der Waals surface area contributed by atoms with Crippen molar-refractivity contribution in [3.63, 3.8) is 0 Å². The Balaban J connectivity index is 1.82. The highest BCUT2D eigenvalue weighted by Gasteiger charge is 2.10. The van der Waals surface area contributed by atoms with Crippen LogP contribution in [0.2, 0.25) is 0 Å². The summed E-state index contributed by atoms with van der Waals surface area (Å²) < 4.78 is 28.5. The van der Waals surface area contributed by atoms with Gasteiger partial charge in [0, 0.05) is 18.8 Å². The zero-order chi connectivity index (χ0) is 19.6. The first-order valence-electron chi connectivity index (χ1n) is 9.13. The molecule has 0 aromatic heterocycles. The van der Waals surface area contributed by atoms with E-state index in [9.17, 15) is 4.21 Å². The van der Waals surface area contributed by atoms with Gasteiger partial charge in [0.25, 0.3) is 0 Å². The van der Waals surface area contributed by atoms with Gasteiger partial charge in [-0.15, -0.1) is 0 Å². The molecule has 0 amide bonds. The van der Waals surface area contributed by atoms with Gasteiger partial charge >= 0.3 is 0 Å². The van der Waals surface area contributed by atoms with E-state index in [-0.39, 0.29) is 6.04 Å². The summed E-state index contributed by atoms with van der Waals surface area (Å²) in [5, 5.41) is 3.46. The van der Waals surface area contributed by atoms with Crippen molar-refractivity contribution in [2.45, 2.75) is 31.2 Å². The molecule has 1 N–H and O–H groups in total. The van der Waals surface area contributed by atoms with Crippen LogP contribution in [0, 0.1) is 0 Å². The average Bonchev–Trinajstić information content (AvgIpc) is 2.66. The second-order valence-electron chi connectivity index (χ2n) is 6.23. The quantitative estimate of drug-likeness (QED) is 0.595. The third-order valence-corrected chi connectivity index (χ3v) is 5.02.